The number of anilines is 6. The van der Waals surface area contributed by atoms with E-state index >= 15 is 0 Å². The van der Waals surface area contributed by atoms with E-state index in [2.05, 4.69) is 272 Å². The van der Waals surface area contributed by atoms with Crippen LogP contribution in [0.15, 0.2) is 133 Å². The van der Waals surface area contributed by atoms with E-state index in [1.807, 2.05) is 0 Å². The Balaban J connectivity index is 1.19. The van der Waals surface area contributed by atoms with Gasteiger partial charge in [0.2, 0.25) is 0 Å². The summed E-state index contributed by atoms with van der Waals surface area (Å²) in [7, 11) is 0. The molecule has 5 aliphatic rings. The zero-order chi connectivity index (χ0) is 55.9. The Bertz CT molecular complexity index is 3800. The fourth-order valence-corrected chi connectivity index (χ4v) is 16.6. The molecule has 0 radical (unpaired) electrons. The Hall–Kier alpha value is -5.84. The number of nitrogens with zero attached hydrogens (tertiary/aromatic N) is 2. The Labute approximate surface area is 479 Å². The Kier molecular flexibility index (Phi) is 11.4. The van der Waals surface area contributed by atoms with Crippen LogP contribution in [0.3, 0.4) is 0 Å². The molecule has 2 nitrogen and oxygen atoms in total. The van der Waals surface area contributed by atoms with Gasteiger partial charge in [-0.15, -0.1) is 11.3 Å². The molecule has 4 heteroatoms. The van der Waals surface area contributed by atoms with E-state index in [9.17, 15) is 0 Å². The van der Waals surface area contributed by atoms with Crippen molar-refractivity contribution in [1.29, 1.82) is 0 Å². The third-order valence-corrected chi connectivity index (χ3v) is 22.3. The maximum absolute atomic E-state index is 2.81. The van der Waals surface area contributed by atoms with Crippen LogP contribution in [-0.4, -0.2) is 6.71 Å². The molecular weight excluding hydrogens is 972 g/mol. The van der Waals surface area contributed by atoms with Gasteiger partial charge in [-0.3, -0.25) is 0 Å². The first-order chi connectivity index (χ1) is 37.0. The van der Waals surface area contributed by atoms with Crippen LogP contribution in [0.4, 0.5) is 34.1 Å². The molecule has 79 heavy (non-hydrogen) atoms. The zero-order valence-electron chi connectivity index (χ0n) is 50.8. The molecule has 2 aliphatic heterocycles. The van der Waals surface area contributed by atoms with E-state index in [4.69, 9.17) is 0 Å². The third kappa shape index (κ3) is 7.97. The van der Waals surface area contributed by atoms with Crippen LogP contribution in [0.25, 0.3) is 21.2 Å². The number of hydrogen-bond donors (Lipinski definition) is 0. The molecule has 8 aromatic rings. The van der Waals surface area contributed by atoms with Gasteiger partial charge in [-0.1, -0.05) is 197 Å². The molecule has 13 rings (SSSR count). The highest BCUT2D eigenvalue weighted by Crippen LogP contribution is 2.57. The van der Waals surface area contributed by atoms with Crippen molar-refractivity contribution in [3.8, 4) is 11.1 Å². The summed E-state index contributed by atoms with van der Waals surface area (Å²) in [5.41, 5.74) is 26.3. The predicted molar refractivity (Wildman–Crippen MR) is 344 cm³/mol. The fourth-order valence-electron chi connectivity index (χ4n) is 15.2. The van der Waals surface area contributed by atoms with Crippen LogP contribution in [-0.2, 0) is 43.3 Å². The van der Waals surface area contributed by atoms with E-state index in [0.29, 0.717) is 0 Å². The molecule has 0 saturated carbocycles. The van der Waals surface area contributed by atoms with Gasteiger partial charge in [0.1, 0.15) is 0 Å². The molecule has 0 saturated heterocycles. The van der Waals surface area contributed by atoms with Crippen molar-refractivity contribution >= 4 is 78.0 Å². The topological polar surface area (TPSA) is 6.48 Å². The van der Waals surface area contributed by atoms with E-state index in [1.165, 1.54) is 147 Å². The number of hydrogen-bond acceptors (Lipinski definition) is 3. The molecule has 0 bridgehead atoms. The summed E-state index contributed by atoms with van der Waals surface area (Å²) >= 11 is 2.08. The molecule has 0 fully saturated rings. The quantitative estimate of drug-likeness (QED) is 0.159. The number of rotatable bonds is 5. The average Bonchev–Trinajstić information content (AvgIpc) is 2.72. The van der Waals surface area contributed by atoms with Gasteiger partial charge in [-0.05, 0) is 198 Å². The second kappa shape index (κ2) is 17.1. The molecule has 0 unspecified atom stereocenters. The summed E-state index contributed by atoms with van der Waals surface area (Å²) in [4.78, 5) is 5.56. The highest BCUT2D eigenvalue weighted by Gasteiger charge is 2.50. The summed E-state index contributed by atoms with van der Waals surface area (Å²) < 4.78 is 2.87. The van der Waals surface area contributed by atoms with Gasteiger partial charge in [0.15, 0.2) is 0 Å². The SMILES string of the molecule is CC(C)(C)c1cc2c3c(c1)N(c1ccc(C(C)(C)c4ccccc4)cc1)c1c(sc4cc5c(cc14)C(C)(C)CCC5(C)C)B3c1cc3c(cc1N2c1cc2c(cc1-c1ccccc1)C(C)(C)CCC2(C)C)C(C)(C)CCC3(C)C. The monoisotopic (exact) mass is 1060 g/mol. The Morgan fingerprint density at radius 3 is 1.39 bits per heavy atom. The molecule has 7 aromatic carbocycles. The summed E-state index contributed by atoms with van der Waals surface area (Å²) in [6.45, 7) is 42.1. The minimum Gasteiger partial charge on any atom is -0.311 e. The van der Waals surface area contributed by atoms with Crippen LogP contribution >= 0.6 is 11.3 Å². The summed E-state index contributed by atoms with van der Waals surface area (Å²) in [6.07, 6.45) is 7.03. The van der Waals surface area contributed by atoms with Crippen molar-refractivity contribution in [2.75, 3.05) is 9.80 Å². The normalized spacial score (nSPS) is 19.7. The van der Waals surface area contributed by atoms with E-state index < -0.39 is 0 Å². The lowest BCUT2D eigenvalue weighted by atomic mass is 9.35. The fraction of sp³-hybridized carbons (Fsp3) is 0.413. The minimum absolute atomic E-state index is 0.0108. The Morgan fingerprint density at radius 2 is 0.861 bits per heavy atom. The molecule has 3 aliphatic carbocycles. The predicted octanol–water partition coefficient (Wildman–Crippen LogP) is 19.3. The van der Waals surface area contributed by atoms with Crippen molar-refractivity contribution < 1.29 is 0 Å². The second-order valence-corrected chi connectivity index (χ2v) is 31.7. The third-order valence-electron chi connectivity index (χ3n) is 21.1. The van der Waals surface area contributed by atoms with Gasteiger partial charge in [-0.25, -0.2) is 0 Å². The smallest absolute Gasteiger partial charge is 0.264 e. The molecule has 0 atom stereocenters. The van der Waals surface area contributed by atoms with Crippen LogP contribution in [0.5, 0.6) is 0 Å². The van der Waals surface area contributed by atoms with Gasteiger partial charge in [0.25, 0.3) is 6.71 Å². The van der Waals surface area contributed by atoms with Gasteiger partial charge < -0.3 is 9.80 Å². The standard InChI is InChI=1S/C75H85BN2S/c1-68(2,3)49-38-62-65-63(39-49)78(60-43-56-53(69(4,5)32-35-72(56,10)11)40-51(60)46-24-20-18-21-25-46)61-44-57-55(71(8,9)34-36-73(57,12)13)42-59(61)76(65)67-66(52-41-54-58(45-64(52)79-67)74(14,15)37-33-70(54,6)7)77(62)50-30-28-48(29-31-50)75(16,17)47-26-22-19-23-27-47/h18-31,38-45H,32-37H2,1-17H3. The highest BCUT2D eigenvalue weighted by atomic mass is 32.1. The van der Waals surface area contributed by atoms with Crippen molar-refractivity contribution in [3.63, 3.8) is 0 Å². The minimum atomic E-state index is -0.170. The molecular formula is C75H85BN2S. The van der Waals surface area contributed by atoms with Crippen LogP contribution < -0.4 is 25.5 Å². The van der Waals surface area contributed by atoms with Gasteiger partial charge in [-0.2, -0.15) is 0 Å². The molecule has 3 heterocycles. The van der Waals surface area contributed by atoms with Gasteiger partial charge in [0.05, 0.1) is 11.4 Å². The first kappa shape index (κ1) is 52.5. The van der Waals surface area contributed by atoms with Crippen LogP contribution in [0, 0.1) is 0 Å². The van der Waals surface area contributed by atoms with Crippen molar-refractivity contribution in [1.82, 2.24) is 0 Å². The second-order valence-electron chi connectivity index (χ2n) is 30.6. The number of benzene rings is 7. The first-order valence-electron chi connectivity index (χ1n) is 30.0. The van der Waals surface area contributed by atoms with Crippen LogP contribution in [0.2, 0.25) is 0 Å². The maximum Gasteiger partial charge on any atom is 0.264 e. The lowest BCUT2D eigenvalue weighted by Gasteiger charge is -2.48. The Morgan fingerprint density at radius 1 is 0.418 bits per heavy atom. The highest BCUT2D eigenvalue weighted by molar-refractivity contribution is 7.33. The lowest BCUT2D eigenvalue weighted by molar-refractivity contribution is 0.332. The van der Waals surface area contributed by atoms with Crippen molar-refractivity contribution in [3.05, 3.63) is 184 Å². The first-order valence-corrected chi connectivity index (χ1v) is 30.8. The summed E-state index contributed by atoms with van der Waals surface area (Å²) in [5, 5.41) is 1.39. The summed E-state index contributed by atoms with van der Waals surface area (Å²) in [6, 6.07) is 53.6. The van der Waals surface area contributed by atoms with Crippen LogP contribution in [0.1, 0.15) is 206 Å². The molecule has 0 N–H and O–H groups in total. The van der Waals surface area contributed by atoms with E-state index in [1.54, 1.807) is 0 Å². The van der Waals surface area contributed by atoms with E-state index in [-0.39, 0.29) is 50.0 Å². The molecule has 404 valence electrons. The molecule has 1 aromatic heterocycles. The van der Waals surface area contributed by atoms with Crippen molar-refractivity contribution in [2.45, 2.75) is 200 Å². The largest absolute Gasteiger partial charge is 0.311 e. The van der Waals surface area contributed by atoms with E-state index in [0.717, 1.165) is 12.8 Å². The molecule has 0 spiro atoms. The van der Waals surface area contributed by atoms with Gasteiger partial charge in [0, 0.05) is 48.6 Å². The lowest BCUT2D eigenvalue weighted by Crippen LogP contribution is -2.61. The maximum atomic E-state index is 2.81. The molecule has 0 amide bonds. The number of thiophene rings is 1. The van der Waals surface area contributed by atoms with Crippen molar-refractivity contribution in [2.24, 2.45) is 0 Å². The zero-order valence-corrected chi connectivity index (χ0v) is 51.6. The number of fused-ring (bicyclic) bond motifs is 9. The average molecular weight is 1060 g/mol. The summed E-state index contributed by atoms with van der Waals surface area (Å²) in [5.74, 6) is 0. The van der Waals surface area contributed by atoms with Gasteiger partial charge >= 0.3 is 0 Å².